The molecule has 102 valence electrons. The number of aromatic nitrogens is 1. The molecule has 1 aromatic carbocycles. The van der Waals surface area contributed by atoms with Gasteiger partial charge in [0.15, 0.2) is 0 Å². The monoisotopic (exact) mass is 275 g/mol. The third-order valence-electron chi connectivity index (χ3n) is 3.71. The number of nitrogens with zero attached hydrogens (tertiary/aromatic N) is 2. The van der Waals surface area contributed by atoms with Gasteiger partial charge in [-0.2, -0.15) is 5.26 Å². The maximum Gasteiger partial charge on any atom is 0.224 e. The average Bonchev–Trinajstić information content (AvgIpc) is 2.54. The SMILES string of the molecule is N#Cc1ccc(-c2cncc3c2CC(C(N)=O)C=C3)cc1. The summed E-state index contributed by atoms with van der Waals surface area (Å²) in [4.78, 5) is 15.7. The molecule has 0 radical (unpaired) electrons. The lowest BCUT2D eigenvalue weighted by Crippen LogP contribution is -2.25. The van der Waals surface area contributed by atoms with Gasteiger partial charge in [0.2, 0.25) is 5.91 Å². The first-order valence-electron chi connectivity index (χ1n) is 6.64. The van der Waals surface area contributed by atoms with E-state index in [0.29, 0.717) is 12.0 Å². The molecule has 4 heteroatoms. The van der Waals surface area contributed by atoms with Crippen molar-refractivity contribution >= 4 is 12.0 Å². The van der Waals surface area contributed by atoms with Crippen LogP contribution in [0.3, 0.4) is 0 Å². The first-order chi connectivity index (χ1) is 10.2. The molecule has 0 fully saturated rings. The van der Waals surface area contributed by atoms with Gasteiger partial charge in [-0.25, -0.2) is 0 Å². The molecule has 21 heavy (non-hydrogen) atoms. The number of carbonyl (C=O) groups excluding carboxylic acids is 1. The lowest BCUT2D eigenvalue weighted by Gasteiger charge is -2.19. The van der Waals surface area contributed by atoms with Gasteiger partial charge in [0.05, 0.1) is 17.6 Å². The molecule has 1 heterocycles. The van der Waals surface area contributed by atoms with Crippen molar-refractivity contribution in [2.45, 2.75) is 6.42 Å². The number of nitrogens with two attached hydrogens (primary N) is 1. The summed E-state index contributed by atoms with van der Waals surface area (Å²) in [6, 6.07) is 9.45. The Morgan fingerprint density at radius 2 is 2.05 bits per heavy atom. The van der Waals surface area contributed by atoms with Crippen LogP contribution >= 0.6 is 0 Å². The predicted molar refractivity (Wildman–Crippen MR) is 79.8 cm³/mol. The van der Waals surface area contributed by atoms with Crippen molar-refractivity contribution in [3.8, 4) is 17.2 Å². The summed E-state index contributed by atoms with van der Waals surface area (Å²) in [7, 11) is 0. The lowest BCUT2D eigenvalue weighted by molar-refractivity contribution is -0.120. The van der Waals surface area contributed by atoms with Crippen molar-refractivity contribution in [3.05, 3.63) is 59.4 Å². The number of fused-ring (bicyclic) bond motifs is 1. The highest BCUT2D eigenvalue weighted by Crippen LogP contribution is 2.31. The lowest BCUT2D eigenvalue weighted by atomic mass is 9.86. The Balaban J connectivity index is 2.07. The van der Waals surface area contributed by atoms with Crippen LogP contribution in [0.15, 0.2) is 42.7 Å². The van der Waals surface area contributed by atoms with Gasteiger partial charge in [-0.05, 0) is 35.2 Å². The topological polar surface area (TPSA) is 79.8 Å². The minimum absolute atomic E-state index is 0.281. The number of nitriles is 1. The number of amides is 1. The van der Waals surface area contributed by atoms with Gasteiger partial charge in [-0.15, -0.1) is 0 Å². The third kappa shape index (κ3) is 2.41. The van der Waals surface area contributed by atoms with Crippen molar-refractivity contribution < 1.29 is 4.79 Å². The fraction of sp³-hybridized carbons (Fsp3) is 0.118. The van der Waals surface area contributed by atoms with Gasteiger partial charge < -0.3 is 5.73 Å². The Morgan fingerprint density at radius 3 is 2.71 bits per heavy atom. The molecule has 0 saturated heterocycles. The summed E-state index contributed by atoms with van der Waals surface area (Å²) in [6.07, 6.45) is 7.88. The minimum atomic E-state index is -0.320. The van der Waals surface area contributed by atoms with E-state index in [-0.39, 0.29) is 11.8 Å². The van der Waals surface area contributed by atoms with Crippen LogP contribution in [-0.4, -0.2) is 10.9 Å². The Labute approximate surface area is 122 Å². The predicted octanol–water partition coefficient (Wildman–Crippen LogP) is 2.29. The summed E-state index contributed by atoms with van der Waals surface area (Å²) in [5, 5.41) is 8.86. The van der Waals surface area contributed by atoms with E-state index in [1.54, 1.807) is 24.5 Å². The number of benzene rings is 1. The second-order valence-corrected chi connectivity index (χ2v) is 5.02. The van der Waals surface area contributed by atoms with Crippen LogP contribution in [0.5, 0.6) is 0 Å². The van der Waals surface area contributed by atoms with E-state index in [4.69, 9.17) is 11.0 Å². The first kappa shape index (κ1) is 13.1. The van der Waals surface area contributed by atoms with Gasteiger partial charge in [0.25, 0.3) is 0 Å². The number of hydrogen-bond acceptors (Lipinski definition) is 3. The Kier molecular flexibility index (Phi) is 3.25. The Hall–Kier alpha value is -2.93. The van der Waals surface area contributed by atoms with E-state index in [9.17, 15) is 4.79 Å². The largest absolute Gasteiger partial charge is 0.369 e. The summed E-state index contributed by atoms with van der Waals surface area (Å²) in [6.45, 7) is 0. The molecule has 1 amide bonds. The van der Waals surface area contributed by atoms with E-state index in [0.717, 1.165) is 22.3 Å². The van der Waals surface area contributed by atoms with E-state index in [1.807, 2.05) is 24.3 Å². The summed E-state index contributed by atoms with van der Waals surface area (Å²) >= 11 is 0. The summed E-state index contributed by atoms with van der Waals surface area (Å²) in [5.41, 5.74) is 10.1. The molecule has 1 aliphatic rings. The zero-order chi connectivity index (χ0) is 14.8. The van der Waals surface area contributed by atoms with Crippen LogP contribution in [0.1, 0.15) is 16.7 Å². The molecule has 0 aliphatic heterocycles. The molecule has 3 rings (SSSR count). The van der Waals surface area contributed by atoms with Crippen LogP contribution in [-0.2, 0) is 11.2 Å². The second kappa shape index (κ2) is 5.22. The second-order valence-electron chi connectivity index (χ2n) is 5.02. The van der Waals surface area contributed by atoms with Crippen molar-refractivity contribution in [2.75, 3.05) is 0 Å². The van der Waals surface area contributed by atoms with Gasteiger partial charge in [0.1, 0.15) is 0 Å². The highest BCUT2D eigenvalue weighted by Gasteiger charge is 2.21. The summed E-state index contributed by atoms with van der Waals surface area (Å²) in [5.74, 6) is -0.600. The zero-order valence-corrected chi connectivity index (χ0v) is 11.3. The number of pyridine rings is 1. The fourth-order valence-electron chi connectivity index (χ4n) is 2.55. The highest BCUT2D eigenvalue weighted by atomic mass is 16.1. The summed E-state index contributed by atoms with van der Waals surface area (Å²) < 4.78 is 0. The maximum atomic E-state index is 11.4. The maximum absolute atomic E-state index is 11.4. The number of hydrogen-bond donors (Lipinski definition) is 1. The minimum Gasteiger partial charge on any atom is -0.369 e. The average molecular weight is 275 g/mol. The van der Waals surface area contributed by atoms with Crippen LogP contribution in [0.2, 0.25) is 0 Å². The first-order valence-corrected chi connectivity index (χ1v) is 6.64. The smallest absolute Gasteiger partial charge is 0.224 e. The zero-order valence-electron chi connectivity index (χ0n) is 11.3. The van der Waals surface area contributed by atoms with Gasteiger partial charge in [-0.3, -0.25) is 9.78 Å². The molecule has 1 aromatic heterocycles. The quantitative estimate of drug-likeness (QED) is 0.913. The molecule has 1 aliphatic carbocycles. The Morgan fingerprint density at radius 1 is 1.29 bits per heavy atom. The normalized spacial score (nSPS) is 16.0. The molecule has 0 bridgehead atoms. The fourth-order valence-corrected chi connectivity index (χ4v) is 2.55. The Bertz CT molecular complexity index is 770. The third-order valence-corrected chi connectivity index (χ3v) is 3.71. The molecule has 2 N–H and O–H groups in total. The van der Waals surface area contributed by atoms with Crippen LogP contribution < -0.4 is 5.73 Å². The number of carbonyl (C=O) groups is 1. The van der Waals surface area contributed by atoms with E-state index < -0.39 is 0 Å². The molecule has 1 unspecified atom stereocenters. The van der Waals surface area contributed by atoms with Crippen molar-refractivity contribution in [3.63, 3.8) is 0 Å². The van der Waals surface area contributed by atoms with E-state index in [1.165, 1.54) is 0 Å². The van der Waals surface area contributed by atoms with Crippen molar-refractivity contribution in [2.24, 2.45) is 11.7 Å². The highest BCUT2D eigenvalue weighted by molar-refractivity contribution is 5.83. The van der Waals surface area contributed by atoms with Crippen molar-refractivity contribution in [1.29, 1.82) is 5.26 Å². The van der Waals surface area contributed by atoms with Gasteiger partial charge in [0, 0.05) is 18.0 Å². The van der Waals surface area contributed by atoms with E-state index in [2.05, 4.69) is 11.1 Å². The standard InChI is InChI=1S/C17H13N3O/c18-8-11-1-3-12(4-2-11)16-10-20-9-14-6-5-13(17(19)21)7-15(14)16/h1-6,9-10,13H,7H2,(H2,19,21). The van der Waals surface area contributed by atoms with Crippen LogP contribution in [0, 0.1) is 17.2 Å². The molecular weight excluding hydrogens is 262 g/mol. The molecule has 0 spiro atoms. The molecule has 1 atom stereocenters. The van der Waals surface area contributed by atoms with Gasteiger partial charge >= 0.3 is 0 Å². The van der Waals surface area contributed by atoms with Crippen molar-refractivity contribution in [1.82, 2.24) is 4.98 Å². The molecular formula is C17H13N3O. The molecule has 4 nitrogen and oxygen atoms in total. The van der Waals surface area contributed by atoms with Gasteiger partial charge in [-0.1, -0.05) is 24.3 Å². The van der Waals surface area contributed by atoms with E-state index >= 15 is 0 Å². The molecule has 0 saturated carbocycles. The van der Waals surface area contributed by atoms with Crippen LogP contribution in [0.4, 0.5) is 0 Å². The number of primary amides is 1. The van der Waals surface area contributed by atoms with Crippen LogP contribution in [0.25, 0.3) is 17.2 Å². The number of rotatable bonds is 2. The molecule has 2 aromatic rings.